The van der Waals surface area contributed by atoms with Crippen molar-refractivity contribution in [1.82, 2.24) is 4.98 Å². The zero-order valence-corrected chi connectivity index (χ0v) is 11.0. The number of rotatable bonds is 4. The van der Waals surface area contributed by atoms with Crippen LogP contribution in [0.3, 0.4) is 0 Å². The molecule has 0 aliphatic rings. The standard InChI is InChI=1S/C15H16N4/c1-3-6-13(16-2)11-17-19-15-10-9-12-7-4-5-8-14(12)18-15/h3-11H,1-2H3,(H,18,19)/b6-3-,16-13?,17-11+. The van der Waals surface area contributed by atoms with Crippen LogP contribution in [0.5, 0.6) is 0 Å². The van der Waals surface area contributed by atoms with Gasteiger partial charge in [-0.3, -0.25) is 10.4 Å². The number of fused-ring (bicyclic) bond motifs is 1. The van der Waals surface area contributed by atoms with Gasteiger partial charge in [0, 0.05) is 12.4 Å². The monoisotopic (exact) mass is 252 g/mol. The molecular formula is C15H16N4. The van der Waals surface area contributed by atoms with E-state index < -0.39 is 0 Å². The highest BCUT2D eigenvalue weighted by Crippen LogP contribution is 2.14. The van der Waals surface area contributed by atoms with Crippen LogP contribution in [-0.4, -0.2) is 24.0 Å². The molecule has 0 saturated heterocycles. The predicted molar refractivity (Wildman–Crippen MR) is 82.0 cm³/mol. The van der Waals surface area contributed by atoms with Gasteiger partial charge in [-0.15, -0.1) is 0 Å². The van der Waals surface area contributed by atoms with Crippen molar-refractivity contribution < 1.29 is 0 Å². The van der Waals surface area contributed by atoms with E-state index in [1.165, 1.54) is 0 Å². The number of aromatic nitrogens is 1. The third kappa shape index (κ3) is 3.48. The first kappa shape index (κ1) is 13.0. The Morgan fingerprint density at radius 3 is 2.84 bits per heavy atom. The van der Waals surface area contributed by atoms with E-state index in [9.17, 15) is 0 Å². The molecule has 0 atom stereocenters. The molecule has 0 radical (unpaired) electrons. The van der Waals surface area contributed by atoms with E-state index in [0.717, 1.165) is 16.6 Å². The van der Waals surface area contributed by atoms with Gasteiger partial charge in [-0.05, 0) is 31.2 Å². The first-order valence-electron chi connectivity index (χ1n) is 6.08. The van der Waals surface area contributed by atoms with Crippen molar-refractivity contribution in [2.45, 2.75) is 6.92 Å². The molecule has 2 aromatic rings. The van der Waals surface area contributed by atoms with Gasteiger partial charge in [-0.25, -0.2) is 4.98 Å². The van der Waals surface area contributed by atoms with Gasteiger partial charge in [0.05, 0.1) is 17.4 Å². The number of allylic oxidation sites excluding steroid dienone is 2. The molecule has 0 saturated carbocycles. The molecule has 1 N–H and O–H groups in total. The molecule has 0 bridgehead atoms. The Balaban J connectivity index is 2.11. The van der Waals surface area contributed by atoms with E-state index in [4.69, 9.17) is 0 Å². The fourth-order valence-electron chi connectivity index (χ4n) is 1.64. The number of benzene rings is 1. The van der Waals surface area contributed by atoms with Crippen LogP contribution in [0, 0.1) is 0 Å². The SMILES string of the molecule is C/C=C\C(/C=N/Nc1ccc2ccccc2n1)=NC. The summed E-state index contributed by atoms with van der Waals surface area (Å²) in [7, 11) is 1.73. The average Bonchev–Trinajstić information content (AvgIpc) is 2.46. The number of nitrogens with one attached hydrogen (secondary N) is 1. The van der Waals surface area contributed by atoms with Crippen LogP contribution in [-0.2, 0) is 0 Å². The molecule has 0 aliphatic carbocycles. The Morgan fingerprint density at radius 2 is 2.05 bits per heavy atom. The third-order valence-corrected chi connectivity index (χ3v) is 2.57. The van der Waals surface area contributed by atoms with Crippen molar-refractivity contribution in [2.24, 2.45) is 10.1 Å². The van der Waals surface area contributed by atoms with Crippen LogP contribution >= 0.6 is 0 Å². The largest absolute Gasteiger partial charge is 0.287 e. The zero-order valence-electron chi connectivity index (χ0n) is 11.0. The highest BCUT2D eigenvalue weighted by molar-refractivity contribution is 6.35. The quantitative estimate of drug-likeness (QED) is 0.670. The number of hydrazone groups is 1. The maximum Gasteiger partial charge on any atom is 0.146 e. The lowest BCUT2D eigenvalue weighted by molar-refractivity contribution is 1.27. The lowest BCUT2D eigenvalue weighted by Crippen LogP contribution is -1.99. The number of aliphatic imine (C=N–C) groups is 1. The number of anilines is 1. The third-order valence-electron chi connectivity index (χ3n) is 2.57. The topological polar surface area (TPSA) is 49.6 Å². The number of hydrogen-bond acceptors (Lipinski definition) is 4. The van der Waals surface area contributed by atoms with Gasteiger partial charge >= 0.3 is 0 Å². The highest BCUT2D eigenvalue weighted by Gasteiger charge is 1.95. The molecule has 1 heterocycles. The van der Waals surface area contributed by atoms with Crippen LogP contribution in [0.2, 0.25) is 0 Å². The molecular weight excluding hydrogens is 236 g/mol. The van der Waals surface area contributed by atoms with Crippen molar-refractivity contribution >= 4 is 28.6 Å². The minimum absolute atomic E-state index is 0.714. The summed E-state index contributed by atoms with van der Waals surface area (Å²) in [4.78, 5) is 8.54. The summed E-state index contributed by atoms with van der Waals surface area (Å²) >= 11 is 0. The van der Waals surface area contributed by atoms with Crippen LogP contribution in [0.4, 0.5) is 5.82 Å². The smallest absolute Gasteiger partial charge is 0.146 e. The number of nitrogens with zero attached hydrogens (tertiary/aromatic N) is 3. The second kappa shape index (κ2) is 6.44. The van der Waals surface area contributed by atoms with E-state index in [1.807, 2.05) is 55.5 Å². The van der Waals surface area contributed by atoms with Crippen LogP contribution in [0.25, 0.3) is 10.9 Å². The van der Waals surface area contributed by atoms with Gasteiger partial charge in [0.15, 0.2) is 0 Å². The second-order valence-corrected chi connectivity index (χ2v) is 3.91. The number of para-hydroxylation sites is 1. The molecule has 1 aromatic carbocycles. The Bertz CT molecular complexity index is 641. The lowest BCUT2D eigenvalue weighted by Gasteiger charge is -2.01. The normalized spacial score (nSPS) is 12.6. The minimum Gasteiger partial charge on any atom is -0.287 e. The molecule has 0 fully saturated rings. The Hall–Kier alpha value is -2.49. The summed E-state index contributed by atoms with van der Waals surface area (Å²) < 4.78 is 0. The Morgan fingerprint density at radius 1 is 1.21 bits per heavy atom. The molecule has 0 aliphatic heterocycles. The van der Waals surface area contributed by atoms with E-state index >= 15 is 0 Å². The maximum atomic E-state index is 4.46. The fourth-order valence-corrected chi connectivity index (χ4v) is 1.64. The first-order valence-corrected chi connectivity index (χ1v) is 6.08. The van der Waals surface area contributed by atoms with Gasteiger partial charge < -0.3 is 0 Å². The molecule has 0 unspecified atom stereocenters. The molecule has 4 nitrogen and oxygen atoms in total. The van der Waals surface area contributed by atoms with Gasteiger partial charge in [0.25, 0.3) is 0 Å². The second-order valence-electron chi connectivity index (χ2n) is 3.91. The van der Waals surface area contributed by atoms with E-state index in [0.29, 0.717) is 5.82 Å². The van der Waals surface area contributed by atoms with E-state index in [2.05, 4.69) is 20.5 Å². The van der Waals surface area contributed by atoms with E-state index in [1.54, 1.807) is 13.3 Å². The summed E-state index contributed by atoms with van der Waals surface area (Å²) in [5.41, 5.74) is 4.65. The van der Waals surface area contributed by atoms with Crippen molar-refractivity contribution in [1.29, 1.82) is 0 Å². The molecule has 0 spiro atoms. The van der Waals surface area contributed by atoms with Crippen molar-refractivity contribution in [3.63, 3.8) is 0 Å². The first-order chi connectivity index (χ1) is 9.33. The van der Waals surface area contributed by atoms with Crippen molar-refractivity contribution in [3.8, 4) is 0 Å². The molecule has 2 rings (SSSR count). The van der Waals surface area contributed by atoms with Gasteiger partial charge in [0.1, 0.15) is 5.82 Å². The molecule has 4 heteroatoms. The van der Waals surface area contributed by atoms with Gasteiger partial charge in [0.2, 0.25) is 0 Å². The van der Waals surface area contributed by atoms with Crippen LogP contribution < -0.4 is 5.43 Å². The molecule has 19 heavy (non-hydrogen) atoms. The maximum absolute atomic E-state index is 4.46. The van der Waals surface area contributed by atoms with Crippen LogP contribution in [0.1, 0.15) is 6.92 Å². The molecule has 0 amide bonds. The highest BCUT2D eigenvalue weighted by atomic mass is 15.3. The molecule has 1 aromatic heterocycles. The summed E-state index contributed by atoms with van der Waals surface area (Å²) in [6, 6.07) is 11.9. The Kier molecular flexibility index (Phi) is 4.39. The predicted octanol–water partition coefficient (Wildman–Crippen LogP) is 3.28. The lowest BCUT2D eigenvalue weighted by atomic mass is 10.2. The van der Waals surface area contributed by atoms with E-state index in [-0.39, 0.29) is 0 Å². The summed E-state index contributed by atoms with van der Waals surface area (Å²) in [6.45, 7) is 1.94. The minimum atomic E-state index is 0.714. The van der Waals surface area contributed by atoms with Crippen molar-refractivity contribution in [3.05, 3.63) is 48.6 Å². The summed E-state index contributed by atoms with van der Waals surface area (Å²) in [6.07, 6.45) is 5.47. The van der Waals surface area contributed by atoms with Crippen LogP contribution in [0.15, 0.2) is 58.6 Å². The number of pyridine rings is 1. The molecule has 96 valence electrons. The average molecular weight is 252 g/mol. The zero-order chi connectivity index (χ0) is 13.5. The van der Waals surface area contributed by atoms with Crippen molar-refractivity contribution in [2.75, 3.05) is 12.5 Å². The Labute approximate surface area is 112 Å². The summed E-state index contributed by atoms with van der Waals surface area (Å²) in [5.74, 6) is 0.714. The summed E-state index contributed by atoms with van der Waals surface area (Å²) in [5, 5.41) is 5.23. The fraction of sp³-hybridized carbons (Fsp3) is 0.133. The number of hydrogen-bond donors (Lipinski definition) is 1. The van der Waals surface area contributed by atoms with Gasteiger partial charge in [-0.1, -0.05) is 24.3 Å². The van der Waals surface area contributed by atoms with Gasteiger partial charge in [-0.2, -0.15) is 5.10 Å².